The van der Waals surface area contributed by atoms with Crippen molar-refractivity contribution in [2.24, 2.45) is 5.92 Å². The number of amides is 1. The predicted molar refractivity (Wildman–Crippen MR) is 129 cm³/mol. The Morgan fingerprint density at radius 3 is 2.36 bits per heavy atom. The maximum atomic E-state index is 14.8. The first kappa shape index (κ1) is 28.1. The molecule has 0 aliphatic heterocycles. The number of ether oxygens (including phenoxy) is 1. The van der Waals surface area contributed by atoms with Crippen molar-refractivity contribution in [1.29, 1.82) is 0 Å². The molecule has 1 fully saturated rings. The molecule has 0 saturated heterocycles. The molecule has 2 aromatic carbocycles. The second-order valence-corrected chi connectivity index (χ2v) is 9.48. The van der Waals surface area contributed by atoms with Crippen molar-refractivity contribution in [3.05, 3.63) is 82.0 Å². The number of pyridine rings is 1. The van der Waals surface area contributed by atoms with E-state index in [0.29, 0.717) is 0 Å². The number of hydrogen-bond acceptors (Lipinski definition) is 4. The van der Waals surface area contributed by atoms with Crippen LogP contribution in [0.3, 0.4) is 0 Å². The molecule has 1 atom stereocenters. The van der Waals surface area contributed by atoms with Crippen LogP contribution < -0.4 is 14.8 Å². The Morgan fingerprint density at radius 2 is 1.79 bits per heavy atom. The van der Waals surface area contributed by atoms with Crippen LogP contribution in [0.4, 0.5) is 27.6 Å². The lowest BCUT2D eigenvalue weighted by Crippen LogP contribution is -2.41. The molecule has 0 unspecified atom stereocenters. The summed E-state index contributed by atoms with van der Waals surface area (Å²) in [6.07, 6.45) is -0.201. The number of alkyl halides is 4. The van der Waals surface area contributed by atoms with Crippen LogP contribution in [0, 0.1) is 16.9 Å². The zero-order chi connectivity index (χ0) is 28.5. The van der Waals surface area contributed by atoms with Crippen LogP contribution in [0.2, 0.25) is 5.02 Å². The van der Waals surface area contributed by atoms with Crippen LogP contribution in [0.1, 0.15) is 41.2 Å². The molecular weight excluding hydrogens is 551 g/mol. The van der Waals surface area contributed by atoms with Gasteiger partial charge in [0, 0.05) is 24.6 Å². The van der Waals surface area contributed by atoms with Crippen LogP contribution >= 0.6 is 11.6 Å². The maximum absolute atomic E-state index is 14.8. The summed E-state index contributed by atoms with van der Waals surface area (Å²) in [5, 5.41) is 24.2. The highest BCUT2D eigenvalue weighted by Gasteiger charge is 2.47. The van der Waals surface area contributed by atoms with E-state index in [1.165, 1.54) is 36.4 Å². The van der Waals surface area contributed by atoms with Crippen molar-refractivity contribution in [1.82, 2.24) is 0 Å². The van der Waals surface area contributed by atoms with Gasteiger partial charge in [0.05, 0.1) is 21.7 Å². The number of nitrogens with zero attached hydrogens (tertiary/aromatic N) is 1. The molecule has 0 radical (unpaired) electrons. The number of carbonyl (C=O) groups excluding carboxylic acids is 1. The second kappa shape index (κ2) is 11.0. The largest absolute Gasteiger partial charge is 0.618 e. The standard InChI is InChI=1S/C26H20ClF5N2O5/c27-18-6-8-20(39-25(29)30)21(22(18)28)15-3-7-19(34(38)12-15)17(9-13-10-26(31,32)11-13)23(35)33-16-4-1-14(2-5-16)24(36)37/h1-8,12-13,17,25H,9-11H2,(H,33,35)(H,36,37)/t17-/m0/s1. The van der Waals surface area contributed by atoms with Gasteiger partial charge in [0.15, 0.2) is 12.0 Å². The number of benzene rings is 2. The number of carboxylic acid groups (broad SMARTS) is 1. The van der Waals surface area contributed by atoms with Crippen LogP contribution in [0.25, 0.3) is 11.1 Å². The van der Waals surface area contributed by atoms with E-state index < -0.39 is 71.2 Å². The summed E-state index contributed by atoms with van der Waals surface area (Å²) in [4.78, 5) is 24.3. The zero-order valence-corrected chi connectivity index (χ0v) is 20.6. The third-order valence-corrected chi connectivity index (χ3v) is 6.61. The third kappa shape index (κ3) is 6.39. The molecule has 1 saturated carbocycles. The first-order valence-electron chi connectivity index (χ1n) is 11.5. The zero-order valence-electron chi connectivity index (χ0n) is 19.8. The fourth-order valence-corrected chi connectivity index (χ4v) is 4.64. The van der Waals surface area contributed by atoms with E-state index in [1.807, 2.05) is 0 Å². The normalized spacial score (nSPS) is 15.5. The Hall–Kier alpha value is -3.93. The monoisotopic (exact) mass is 570 g/mol. The van der Waals surface area contributed by atoms with Crippen molar-refractivity contribution in [3.63, 3.8) is 0 Å². The molecule has 1 aliphatic carbocycles. The summed E-state index contributed by atoms with van der Waals surface area (Å²) >= 11 is 5.79. The maximum Gasteiger partial charge on any atom is 0.387 e. The number of rotatable bonds is 9. The summed E-state index contributed by atoms with van der Waals surface area (Å²) in [6, 6.07) is 9.56. The number of aromatic nitrogens is 1. The molecule has 0 bridgehead atoms. The molecule has 3 aromatic rings. The van der Waals surface area contributed by atoms with Gasteiger partial charge < -0.3 is 20.4 Å². The highest BCUT2D eigenvalue weighted by molar-refractivity contribution is 6.31. The van der Waals surface area contributed by atoms with Crippen molar-refractivity contribution in [2.45, 2.75) is 37.7 Å². The van der Waals surface area contributed by atoms with E-state index in [0.717, 1.165) is 18.3 Å². The number of carboxylic acids is 1. The Balaban J connectivity index is 1.67. The van der Waals surface area contributed by atoms with Crippen LogP contribution in [-0.4, -0.2) is 29.5 Å². The number of anilines is 1. The average Bonchev–Trinajstić information content (AvgIpc) is 2.84. The molecular formula is C26H20ClF5N2O5. The summed E-state index contributed by atoms with van der Waals surface area (Å²) < 4.78 is 72.1. The Kier molecular flexibility index (Phi) is 7.96. The van der Waals surface area contributed by atoms with Gasteiger partial charge in [0.1, 0.15) is 11.7 Å². The van der Waals surface area contributed by atoms with E-state index in [4.69, 9.17) is 16.7 Å². The fraction of sp³-hybridized carbons (Fsp3) is 0.269. The highest BCUT2D eigenvalue weighted by atomic mass is 35.5. The van der Waals surface area contributed by atoms with Crippen molar-refractivity contribution >= 4 is 29.2 Å². The molecule has 1 aliphatic rings. The summed E-state index contributed by atoms with van der Waals surface area (Å²) in [6.45, 7) is -3.29. The first-order valence-corrected chi connectivity index (χ1v) is 11.9. The molecule has 1 amide bonds. The van der Waals surface area contributed by atoms with Crippen molar-refractivity contribution in [3.8, 4) is 16.9 Å². The van der Waals surface area contributed by atoms with Gasteiger partial charge in [0.25, 0.3) is 0 Å². The second-order valence-electron chi connectivity index (χ2n) is 9.07. The lowest BCUT2D eigenvalue weighted by Gasteiger charge is -2.36. The van der Waals surface area contributed by atoms with Crippen LogP contribution in [0.5, 0.6) is 5.75 Å². The Labute approximate surface area is 223 Å². The van der Waals surface area contributed by atoms with Crippen LogP contribution in [-0.2, 0) is 4.79 Å². The van der Waals surface area contributed by atoms with Crippen molar-refractivity contribution in [2.75, 3.05) is 5.32 Å². The van der Waals surface area contributed by atoms with Gasteiger partial charge in [-0.1, -0.05) is 11.6 Å². The van der Waals surface area contributed by atoms with Crippen molar-refractivity contribution < 1.29 is 46.1 Å². The number of halogens is 6. The van der Waals surface area contributed by atoms with Gasteiger partial charge in [-0.3, -0.25) is 4.79 Å². The third-order valence-electron chi connectivity index (χ3n) is 6.32. The summed E-state index contributed by atoms with van der Waals surface area (Å²) in [7, 11) is 0. The Bertz CT molecular complexity index is 1400. The number of aromatic carboxylic acids is 1. The molecule has 0 spiro atoms. The van der Waals surface area contributed by atoms with E-state index in [-0.39, 0.29) is 33.7 Å². The molecule has 1 heterocycles. The minimum Gasteiger partial charge on any atom is -0.618 e. The summed E-state index contributed by atoms with van der Waals surface area (Å²) in [5.41, 5.74) is -0.664. The van der Waals surface area contributed by atoms with Gasteiger partial charge in [0.2, 0.25) is 17.5 Å². The lowest BCUT2D eigenvalue weighted by molar-refractivity contribution is -0.614. The van der Waals surface area contributed by atoms with E-state index >= 15 is 0 Å². The number of nitrogens with one attached hydrogen (secondary N) is 1. The minimum absolute atomic E-state index is 0.0299. The number of hydrogen-bond donors (Lipinski definition) is 2. The molecule has 13 heteroatoms. The average molecular weight is 571 g/mol. The fourth-order valence-electron chi connectivity index (χ4n) is 4.48. The number of carbonyl (C=O) groups is 2. The topological polar surface area (TPSA) is 103 Å². The SMILES string of the molecule is O=C(O)c1ccc(NC(=O)[C@@H](CC2CC(F)(F)C2)c2ccc(-c3c(OC(F)F)ccc(Cl)c3F)c[n+]2[O-])cc1. The molecule has 39 heavy (non-hydrogen) atoms. The van der Waals surface area contributed by atoms with E-state index in [9.17, 15) is 36.7 Å². The van der Waals surface area contributed by atoms with Gasteiger partial charge >= 0.3 is 12.6 Å². The first-order chi connectivity index (χ1) is 18.3. The van der Waals surface area contributed by atoms with E-state index in [2.05, 4.69) is 10.1 Å². The molecule has 7 nitrogen and oxygen atoms in total. The highest BCUT2D eigenvalue weighted by Crippen LogP contribution is 2.46. The van der Waals surface area contributed by atoms with E-state index in [1.54, 1.807) is 0 Å². The Morgan fingerprint density at radius 1 is 1.13 bits per heavy atom. The van der Waals surface area contributed by atoms with Gasteiger partial charge in [-0.15, -0.1) is 0 Å². The quantitative estimate of drug-likeness (QED) is 0.180. The smallest absolute Gasteiger partial charge is 0.387 e. The van der Waals surface area contributed by atoms with Gasteiger partial charge in [-0.2, -0.15) is 13.5 Å². The molecule has 206 valence electrons. The van der Waals surface area contributed by atoms with Crippen LogP contribution in [0.15, 0.2) is 54.7 Å². The van der Waals surface area contributed by atoms with Gasteiger partial charge in [-0.25, -0.2) is 18.0 Å². The molecule has 1 aromatic heterocycles. The molecule has 4 rings (SSSR count). The minimum atomic E-state index is -3.29. The predicted octanol–water partition coefficient (Wildman–Crippen LogP) is 6.24. The molecule has 2 N–H and O–H groups in total. The summed E-state index contributed by atoms with van der Waals surface area (Å²) in [5.74, 6) is -8.25. The van der Waals surface area contributed by atoms with Gasteiger partial charge in [-0.05, 0) is 54.8 Å². The lowest BCUT2D eigenvalue weighted by atomic mass is 9.75.